The Morgan fingerprint density at radius 1 is 0.971 bits per heavy atom. The van der Waals surface area contributed by atoms with Crippen LogP contribution in [0, 0.1) is 0 Å². The minimum atomic E-state index is -0.193. The van der Waals surface area contributed by atoms with E-state index in [2.05, 4.69) is 44.8 Å². The molecule has 6 nitrogen and oxygen atoms in total. The Hall–Kier alpha value is -3.61. The van der Waals surface area contributed by atoms with Crippen molar-refractivity contribution in [3.63, 3.8) is 0 Å². The number of fused-ring (bicyclic) bond motifs is 1. The minimum absolute atomic E-state index is 0.00429. The van der Waals surface area contributed by atoms with Crippen molar-refractivity contribution in [2.45, 2.75) is 12.0 Å². The van der Waals surface area contributed by atoms with Gasteiger partial charge in [0.25, 0.3) is 0 Å². The Balaban J connectivity index is 1.39. The number of H-pyrrole nitrogens is 1. The van der Waals surface area contributed by atoms with Gasteiger partial charge in [0.2, 0.25) is 0 Å². The van der Waals surface area contributed by atoms with Crippen LogP contribution in [0.4, 0.5) is 10.5 Å². The first-order chi connectivity index (χ1) is 16.7. The number of carbonyl (C=O) groups is 1. The number of rotatable bonds is 7. The van der Waals surface area contributed by atoms with Crippen molar-refractivity contribution in [2.75, 3.05) is 38.7 Å². The van der Waals surface area contributed by atoms with Gasteiger partial charge in [0, 0.05) is 49.1 Å². The number of nitrogens with one attached hydrogen (secondary N) is 3. The fraction of sp³-hybridized carbons (Fsp3) is 0.250. The smallest absolute Gasteiger partial charge is 0.319 e. The summed E-state index contributed by atoms with van der Waals surface area (Å²) in [5, 5.41) is 7.42. The second kappa shape index (κ2) is 10.1. The highest BCUT2D eigenvalue weighted by Crippen LogP contribution is 2.35. The molecule has 0 aliphatic carbocycles. The highest BCUT2D eigenvalue weighted by molar-refractivity contribution is 6.07. The second-order valence-electron chi connectivity index (χ2n) is 8.76. The molecule has 4 aromatic rings. The Morgan fingerprint density at radius 3 is 2.44 bits per heavy atom. The zero-order valence-electron chi connectivity index (χ0n) is 19.3. The number of anilines is 1. The maximum Gasteiger partial charge on any atom is 0.319 e. The first-order valence-electron chi connectivity index (χ1n) is 11.7. The van der Waals surface area contributed by atoms with Gasteiger partial charge in [0.15, 0.2) is 0 Å². The van der Waals surface area contributed by atoms with Crippen molar-refractivity contribution in [3.8, 4) is 11.3 Å². The summed E-state index contributed by atoms with van der Waals surface area (Å²) < 4.78 is 5.28. The van der Waals surface area contributed by atoms with Crippen LogP contribution in [0.15, 0.2) is 84.9 Å². The summed E-state index contributed by atoms with van der Waals surface area (Å²) in [6, 6.07) is 28.4. The number of ether oxygens (including phenoxy) is 1. The van der Waals surface area contributed by atoms with Gasteiger partial charge in [0.1, 0.15) is 0 Å². The maximum absolute atomic E-state index is 13.3. The molecule has 34 heavy (non-hydrogen) atoms. The van der Waals surface area contributed by atoms with E-state index in [9.17, 15) is 4.79 Å². The molecule has 6 heteroatoms. The highest BCUT2D eigenvalue weighted by Gasteiger charge is 2.34. The van der Waals surface area contributed by atoms with Crippen LogP contribution in [0.25, 0.3) is 22.2 Å². The number of benzene rings is 3. The quantitative estimate of drug-likeness (QED) is 0.365. The fourth-order valence-corrected chi connectivity index (χ4v) is 4.88. The number of hydrogen-bond acceptors (Lipinski definition) is 3. The number of carbonyl (C=O) groups excluding carboxylic acids is 1. The Bertz CT molecular complexity index is 1240. The molecule has 0 saturated carbocycles. The maximum atomic E-state index is 13.3. The summed E-state index contributed by atoms with van der Waals surface area (Å²) in [5.74, 6) is 0.223. The first-order valence-corrected chi connectivity index (χ1v) is 11.7. The van der Waals surface area contributed by atoms with Crippen LogP contribution in [0.1, 0.15) is 11.5 Å². The van der Waals surface area contributed by atoms with Gasteiger partial charge in [-0.2, -0.15) is 0 Å². The van der Waals surface area contributed by atoms with Gasteiger partial charge in [-0.3, -0.25) is 4.90 Å². The lowest BCUT2D eigenvalue weighted by molar-refractivity contribution is 0.159. The number of methoxy groups -OCH3 is 1. The lowest BCUT2D eigenvalue weighted by atomic mass is 9.94. The van der Waals surface area contributed by atoms with Gasteiger partial charge >= 0.3 is 6.03 Å². The molecule has 2 amide bonds. The number of likely N-dealkylation sites (tertiary alicyclic amines) is 1. The fourth-order valence-electron chi connectivity index (χ4n) is 4.88. The van der Waals surface area contributed by atoms with Crippen LogP contribution in [0.3, 0.4) is 0 Å². The first kappa shape index (κ1) is 22.2. The molecule has 2 heterocycles. The number of amides is 2. The lowest BCUT2D eigenvalue weighted by Gasteiger charge is -2.21. The Labute approximate surface area is 199 Å². The van der Waals surface area contributed by atoms with Gasteiger partial charge < -0.3 is 20.4 Å². The molecule has 0 radical (unpaired) electrons. The van der Waals surface area contributed by atoms with Crippen LogP contribution in [-0.4, -0.2) is 55.3 Å². The molecule has 3 aromatic carbocycles. The molecular weight excluding hydrogens is 424 g/mol. The summed E-state index contributed by atoms with van der Waals surface area (Å²) in [4.78, 5) is 19.1. The van der Waals surface area contributed by atoms with Crippen molar-refractivity contribution in [2.24, 2.45) is 0 Å². The van der Waals surface area contributed by atoms with Crippen LogP contribution >= 0.6 is 0 Å². The third-order valence-electron chi connectivity index (χ3n) is 6.56. The van der Waals surface area contributed by atoms with E-state index < -0.39 is 0 Å². The van der Waals surface area contributed by atoms with Crippen LogP contribution in [0.5, 0.6) is 0 Å². The molecule has 0 bridgehead atoms. The standard InChI is InChI=1S/C28H30N4O2/c1-34-17-16-32-18-23(20-10-4-2-5-11-20)25(19-32)30-28(33)31-27-22-14-8-9-15-24(22)29-26(27)21-12-6-3-7-13-21/h2-15,23,25,29H,16-19H2,1H3,(H2,30,31,33). The zero-order chi connectivity index (χ0) is 23.3. The van der Waals surface area contributed by atoms with Crippen molar-refractivity contribution in [1.29, 1.82) is 0 Å². The third kappa shape index (κ3) is 4.69. The predicted molar refractivity (Wildman–Crippen MR) is 137 cm³/mol. The van der Waals surface area contributed by atoms with E-state index >= 15 is 0 Å². The molecule has 5 rings (SSSR count). The SMILES string of the molecule is COCCN1CC(NC(=O)Nc2c(-c3ccccc3)[nH]c3ccccc23)C(c2ccccc2)C1. The van der Waals surface area contributed by atoms with Crippen LogP contribution in [0.2, 0.25) is 0 Å². The van der Waals surface area contributed by atoms with E-state index in [0.717, 1.165) is 47.5 Å². The lowest BCUT2D eigenvalue weighted by Crippen LogP contribution is -2.42. The molecule has 3 N–H and O–H groups in total. The second-order valence-corrected chi connectivity index (χ2v) is 8.76. The van der Waals surface area contributed by atoms with E-state index in [1.165, 1.54) is 5.56 Å². The van der Waals surface area contributed by atoms with E-state index in [-0.39, 0.29) is 18.0 Å². The average Bonchev–Trinajstić information content (AvgIpc) is 3.45. The molecule has 0 spiro atoms. The van der Waals surface area contributed by atoms with E-state index in [1.807, 2.05) is 60.7 Å². The zero-order valence-corrected chi connectivity index (χ0v) is 19.3. The van der Waals surface area contributed by atoms with Crippen molar-refractivity contribution >= 4 is 22.6 Å². The Kier molecular flexibility index (Phi) is 6.60. The molecule has 1 aliphatic rings. The summed E-state index contributed by atoms with van der Waals surface area (Å²) in [5.41, 5.74) is 4.97. The van der Waals surface area contributed by atoms with Gasteiger partial charge in [-0.25, -0.2) is 4.79 Å². The monoisotopic (exact) mass is 454 g/mol. The number of aromatic amines is 1. The number of nitrogens with zero attached hydrogens (tertiary/aromatic N) is 1. The molecule has 1 aliphatic heterocycles. The topological polar surface area (TPSA) is 69.4 Å². The Morgan fingerprint density at radius 2 is 1.68 bits per heavy atom. The number of hydrogen-bond donors (Lipinski definition) is 3. The van der Waals surface area contributed by atoms with Crippen LogP contribution < -0.4 is 10.6 Å². The normalized spacial score (nSPS) is 18.3. The van der Waals surface area contributed by atoms with Gasteiger partial charge in [-0.15, -0.1) is 0 Å². The van der Waals surface area contributed by atoms with Crippen molar-refractivity contribution in [1.82, 2.24) is 15.2 Å². The van der Waals surface area contributed by atoms with Gasteiger partial charge in [-0.05, 0) is 11.6 Å². The summed E-state index contributed by atoms with van der Waals surface area (Å²) in [7, 11) is 1.72. The van der Waals surface area contributed by atoms with Gasteiger partial charge in [0.05, 0.1) is 24.0 Å². The summed E-state index contributed by atoms with van der Waals surface area (Å²) in [6.07, 6.45) is 0. The average molecular weight is 455 g/mol. The molecule has 1 fully saturated rings. The summed E-state index contributed by atoms with van der Waals surface area (Å²) >= 11 is 0. The number of urea groups is 1. The molecule has 2 atom stereocenters. The van der Waals surface area contributed by atoms with Crippen molar-refractivity contribution < 1.29 is 9.53 Å². The summed E-state index contributed by atoms with van der Waals surface area (Å²) in [6.45, 7) is 3.20. The number of aromatic nitrogens is 1. The molecule has 174 valence electrons. The van der Waals surface area contributed by atoms with E-state index in [4.69, 9.17) is 4.74 Å². The molecular formula is C28H30N4O2. The highest BCUT2D eigenvalue weighted by atomic mass is 16.5. The van der Waals surface area contributed by atoms with Gasteiger partial charge in [-0.1, -0.05) is 78.9 Å². The van der Waals surface area contributed by atoms with Crippen LogP contribution in [-0.2, 0) is 4.74 Å². The molecule has 1 saturated heterocycles. The van der Waals surface area contributed by atoms with Crippen molar-refractivity contribution in [3.05, 3.63) is 90.5 Å². The van der Waals surface area contributed by atoms with E-state index in [1.54, 1.807) is 7.11 Å². The largest absolute Gasteiger partial charge is 0.383 e. The number of para-hydroxylation sites is 1. The molecule has 2 unspecified atom stereocenters. The molecule has 1 aromatic heterocycles. The third-order valence-corrected chi connectivity index (χ3v) is 6.56. The minimum Gasteiger partial charge on any atom is -0.383 e. The predicted octanol–water partition coefficient (Wildman–Crippen LogP) is 5.07. The van der Waals surface area contributed by atoms with E-state index in [0.29, 0.717) is 6.61 Å².